The number of Topliss-reactive ketones (excluding diaryl/α,β-unsaturated/α-hetero) is 1. The van der Waals surface area contributed by atoms with Gasteiger partial charge in [0.15, 0.2) is 0 Å². The Balaban J connectivity index is 3.79. The van der Waals surface area contributed by atoms with E-state index in [0.29, 0.717) is 25.0 Å². The van der Waals surface area contributed by atoms with Crippen LogP contribution in [-0.2, 0) is 4.79 Å². The molecule has 0 fully saturated rings. The predicted molar refractivity (Wildman–Crippen MR) is 44.0 cm³/mol. The van der Waals surface area contributed by atoms with E-state index in [4.69, 9.17) is 5.21 Å². The van der Waals surface area contributed by atoms with Crippen LogP contribution in [0.2, 0.25) is 0 Å². The van der Waals surface area contributed by atoms with Gasteiger partial charge in [-0.3, -0.25) is 4.79 Å². The van der Waals surface area contributed by atoms with Crippen LogP contribution in [-0.4, -0.2) is 16.7 Å². The van der Waals surface area contributed by atoms with Crippen LogP contribution in [0.25, 0.3) is 0 Å². The van der Waals surface area contributed by atoms with Gasteiger partial charge in [-0.25, -0.2) is 0 Å². The highest BCUT2D eigenvalue weighted by atomic mass is 16.4. The van der Waals surface area contributed by atoms with Crippen molar-refractivity contribution in [2.75, 3.05) is 0 Å². The highest BCUT2D eigenvalue weighted by molar-refractivity contribution is 6.01. The number of hydrogen-bond acceptors (Lipinski definition) is 3. The first-order valence-electron chi connectivity index (χ1n) is 3.96. The van der Waals surface area contributed by atoms with Crippen molar-refractivity contribution in [3.05, 3.63) is 0 Å². The molecule has 3 nitrogen and oxygen atoms in total. The minimum absolute atomic E-state index is 0.131. The van der Waals surface area contributed by atoms with Crippen LogP contribution in [0.4, 0.5) is 0 Å². The number of hydrogen-bond donors (Lipinski definition) is 1. The van der Waals surface area contributed by atoms with Gasteiger partial charge in [0.1, 0.15) is 5.78 Å². The number of ketones is 1. The maximum absolute atomic E-state index is 10.9. The monoisotopic (exact) mass is 157 g/mol. The van der Waals surface area contributed by atoms with Crippen LogP contribution in [0.5, 0.6) is 0 Å². The van der Waals surface area contributed by atoms with Crippen LogP contribution in [0.1, 0.15) is 39.5 Å². The summed E-state index contributed by atoms with van der Waals surface area (Å²) in [6.07, 6.45) is 2.45. The zero-order valence-corrected chi connectivity index (χ0v) is 7.13. The second-order valence-corrected chi connectivity index (χ2v) is 2.49. The Hall–Kier alpha value is -0.860. The highest BCUT2D eigenvalue weighted by Crippen LogP contribution is 1.99. The maximum Gasteiger partial charge on any atom is 0.138 e. The summed E-state index contributed by atoms with van der Waals surface area (Å²) >= 11 is 0. The number of carbonyl (C=O) groups excluding carboxylic acids is 1. The number of oxime groups is 1. The molecule has 0 aliphatic carbocycles. The van der Waals surface area contributed by atoms with E-state index < -0.39 is 0 Å². The van der Waals surface area contributed by atoms with Gasteiger partial charge in [-0.1, -0.05) is 25.4 Å². The first-order valence-corrected chi connectivity index (χ1v) is 3.96. The lowest BCUT2D eigenvalue weighted by atomic mass is 10.1. The van der Waals surface area contributed by atoms with Gasteiger partial charge < -0.3 is 5.21 Å². The van der Waals surface area contributed by atoms with E-state index in [-0.39, 0.29) is 5.78 Å². The van der Waals surface area contributed by atoms with Gasteiger partial charge in [-0.2, -0.15) is 0 Å². The second kappa shape index (κ2) is 5.89. The fraction of sp³-hybridized carbons (Fsp3) is 0.750. The SMILES string of the molecule is CCC/C(CC(=O)CC)=N/O. The summed E-state index contributed by atoms with van der Waals surface area (Å²) in [6, 6.07) is 0. The van der Waals surface area contributed by atoms with E-state index in [9.17, 15) is 4.79 Å². The van der Waals surface area contributed by atoms with Crippen LogP contribution >= 0.6 is 0 Å². The topological polar surface area (TPSA) is 49.7 Å². The summed E-state index contributed by atoms with van der Waals surface area (Å²) in [5, 5.41) is 11.5. The molecule has 0 aliphatic heterocycles. The van der Waals surface area contributed by atoms with Crippen LogP contribution in [0, 0.1) is 0 Å². The van der Waals surface area contributed by atoms with Crippen molar-refractivity contribution in [3.8, 4) is 0 Å². The average molecular weight is 157 g/mol. The Morgan fingerprint density at radius 1 is 1.45 bits per heavy atom. The van der Waals surface area contributed by atoms with Crippen LogP contribution in [0.15, 0.2) is 5.16 Å². The van der Waals surface area contributed by atoms with E-state index in [2.05, 4.69) is 5.16 Å². The summed E-state index contributed by atoms with van der Waals surface area (Å²) in [5.41, 5.74) is 0.597. The Kier molecular flexibility index (Phi) is 5.43. The van der Waals surface area contributed by atoms with Crippen molar-refractivity contribution in [2.24, 2.45) is 5.16 Å². The maximum atomic E-state index is 10.9. The first-order chi connectivity index (χ1) is 5.24. The summed E-state index contributed by atoms with van der Waals surface area (Å²) in [7, 11) is 0. The first kappa shape index (κ1) is 10.1. The van der Waals surface area contributed by atoms with E-state index in [0.717, 1.165) is 6.42 Å². The molecule has 0 aromatic rings. The number of nitrogens with zero attached hydrogens (tertiary/aromatic N) is 1. The fourth-order valence-electron chi connectivity index (χ4n) is 0.815. The molecule has 11 heavy (non-hydrogen) atoms. The molecule has 1 N–H and O–H groups in total. The molecule has 0 aromatic carbocycles. The minimum atomic E-state index is 0.131. The van der Waals surface area contributed by atoms with Crippen molar-refractivity contribution < 1.29 is 10.0 Å². The van der Waals surface area contributed by atoms with Crippen molar-refractivity contribution in [1.29, 1.82) is 0 Å². The molecule has 0 aromatic heterocycles. The quantitative estimate of drug-likeness (QED) is 0.377. The summed E-state index contributed by atoms with van der Waals surface area (Å²) < 4.78 is 0. The molecular formula is C8H15NO2. The molecule has 0 bridgehead atoms. The number of rotatable bonds is 5. The zero-order chi connectivity index (χ0) is 8.69. The molecule has 0 unspecified atom stereocenters. The Morgan fingerprint density at radius 2 is 2.09 bits per heavy atom. The third-order valence-corrected chi connectivity index (χ3v) is 1.48. The standard InChI is InChI=1S/C8H15NO2/c1-3-5-7(9-11)6-8(10)4-2/h11H,3-6H2,1-2H3/b9-7-. The van der Waals surface area contributed by atoms with E-state index in [1.165, 1.54) is 0 Å². The normalized spacial score (nSPS) is 11.6. The molecule has 0 radical (unpaired) electrons. The molecule has 0 atom stereocenters. The lowest BCUT2D eigenvalue weighted by Gasteiger charge is -1.98. The molecule has 0 aliphatic rings. The van der Waals surface area contributed by atoms with Crippen molar-refractivity contribution in [1.82, 2.24) is 0 Å². The van der Waals surface area contributed by atoms with Crippen molar-refractivity contribution >= 4 is 11.5 Å². The summed E-state index contributed by atoms with van der Waals surface area (Å²) in [6.45, 7) is 3.80. The van der Waals surface area contributed by atoms with Gasteiger partial charge in [0.25, 0.3) is 0 Å². The molecule has 0 saturated carbocycles. The molecule has 3 heteroatoms. The van der Waals surface area contributed by atoms with Crippen molar-refractivity contribution in [2.45, 2.75) is 39.5 Å². The summed E-state index contributed by atoms with van der Waals surface area (Å²) in [4.78, 5) is 10.9. The van der Waals surface area contributed by atoms with Gasteiger partial charge in [0.05, 0.1) is 5.71 Å². The van der Waals surface area contributed by atoms with E-state index in [1.54, 1.807) is 0 Å². The minimum Gasteiger partial charge on any atom is -0.411 e. The average Bonchev–Trinajstić information content (AvgIpc) is 2.03. The third-order valence-electron chi connectivity index (χ3n) is 1.48. The zero-order valence-electron chi connectivity index (χ0n) is 7.13. The highest BCUT2D eigenvalue weighted by Gasteiger charge is 2.04. The van der Waals surface area contributed by atoms with Gasteiger partial charge in [0.2, 0.25) is 0 Å². The lowest BCUT2D eigenvalue weighted by Crippen LogP contribution is -2.06. The summed E-state index contributed by atoms with van der Waals surface area (Å²) in [5.74, 6) is 0.131. The molecule has 0 spiro atoms. The Bertz CT molecular complexity index is 152. The molecule has 0 rings (SSSR count). The molecule has 0 heterocycles. The van der Waals surface area contributed by atoms with Crippen LogP contribution in [0.3, 0.4) is 0 Å². The number of carbonyl (C=O) groups is 1. The smallest absolute Gasteiger partial charge is 0.138 e. The molecule has 0 amide bonds. The third kappa shape index (κ3) is 4.53. The van der Waals surface area contributed by atoms with Gasteiger partial charge in [-0.05, 0) is 6.42 Å². The Morgan fingerprint density at radius 3 is 2.45 bits per heavy atom. The lowest BCUT2D eigenvalue weighted by molar-refractivity contribution is -0.117. The largest absolute Gasteiger partial charge is 0.411 e. The predicted octanol–water partition coefficient (Wildman–Crippen LogP) is 1.99. The molecule has 0 saturated heterocycles. The fourth-order valence-corrected chi connectivity index (χ4v) is 0.815. The second-order valence-electron chi connectivity index (χ2n) is 2.49. The molecule has 64 valence electrons. The van der Waals surface area contributed by atoms with E-state index in [1.807, 2.05) is 13.8 Å². The Labute approximate surface area is 67.1 Å². The van der Waals surface area contributed by atoms with Crippen LogP contribution < -0.4 is 0 Å². The van der Waals surface area contributed by atoms with E-state index >= 15 is 0 Å². The van der Waals surface area contributed by atoms with Gasteiger partial charge in [-0.15, -0.1) is 0 Å². The van der Waals surface area contributed by atoms with Gasteiger partial charge in [0, 0.05) is 12.8 Å². The van der Waals surface area contributed by atoms with Gasteiger partial charge >= 0.3 is 0 Å². The van der Waals surface area contributed by atoms with Crippen molar-refractivity contribution in [3.63, 3.8) is 0 Å². The molecular weight excluding hydrogens is 142 g/mol.